The summed E-state index contributed by atoms with van der Waals surface area (Å²) in [5, 5.41) is 2.97. The molecule has 0 saturated heterocycles. The van der Waals surface area contributed by atoms with Crippen LogP contribution in [0.5, 0.6) is 0 Å². The van der Waals surface area contributed by atoms with Gasteiger partial charge in [0, 0.05) is 25.1 Å². The molecule has 0 unspecified atom stereocenters. The van der Waals surface area contributed by atoms with Crippen LogP contribution < -0.4 is 9.62 Å². The summed E-state index contributed by atoms with van der Waals surface area (Å²) in [6.45, 7) is 7.31. The second-order valence-corrected chi connectivity index (χ2v) is 12.6. The second-order valence-electron chi connectivity index (χ2n) is 10.7. The Morgan fingerprint density at radius 3 is 2.17 bits per heavy atom. The zero-order chi connectivity index (χ0) is 30.2. The predicted octanol–water partition coefficient (Wildman–Crippen LogP) is 4.38. The molecule has 8 nitrogen and oxygen atoms in total. The number of carbonyl (C=O) groups is 3. The smallest absolute Gasteiger partial charge is 0.244 e. The van der Waals surface area contributed by atoms with E-state index >= 15 is 0 Å². The Balaban J connectivity index is 2.08. The SMILES string of the molecule is CC(=O)c1cccc(N(CC(=O)N(Cc2ccccc2C)[C@H](Cc2ccccc2)C(=O)NCC(C)C)S(C)(=O)=O)c1. The number of sulfonamides is 1. The maximum absolute atomic E-state index is 14.2. The van der Waals surface area contributed by atoms with Crippen LogP contribution >= 0.6 is 0 Å². The van der Waals surface area contributed by atoms with Crippen LogP contribution in [0, 0.1) is 12.8 Å². The van der Waals surface area contributed by atoms with Gasteiger partial charge in [0.2, 0.25) is 21.8 Å². The van der Waals surface area contributed by atoms with Gasteiger partial charge >= 0.3 is 0 Å². The lowest BCUT2D eigenvalue weighted by atomic mass is 10.0. The molecule has 0 saturated carbocycles. The topological polar surface area (TPSA) is 104 Å². The average molecular weight is 578 g/mol. The fraction of sp³-hybridized carbons (Fsp3) is 0.344. The molecule has 0 aliphatic heterocycles. The molecule has 9 heteroatoms. The van der Waals surface area contributed by atoms with Crippen molar-refractivity contribution in [2.75, 3.05) is 23.7 Å². The van der Waals surface area contributed by atoms with Crippen molar-refractivity contribution in [2.45, 2.75) is 46.7 Å². The third-order valence-electron chi connectivity index (χ3n) is 6.78. The Morgan fingerprint density at radius 1 is 0.902 bits per heavy atom. The Kier molecular flexibility index (Phi) is 10.8. The fourth-order valence-corrected chi connectivity index (χ4v) is 5.28. The minimum absolute atomic E-state index is 0.114. The monoisotopic (exact) mass is 577 g/mol. The number of aryl methyl sites for hydroxylation is 1. The molecule has 3 rings (SSSR count). The highest BCUT2D eigenvalue weighted by atomic mass is 32.2. The maximum atomic E-state index is 14.2. The standard InChI is InChI=1S/C32H39N3O5S/c1-23(2)20-33-32(38)30(18-26-13-7-6-8-14-26)34(21-28-15-10-9-12-24(28)3)31(37)22-35(41(5,39)40)29-17-11-16-27(19-29)25(4)36/h6-17,19,23,30H,18,20-22H2,1-5H3,(H,33,38)/t30-/m1/s1. The molecule has 2 amide bonds. The molecular formula is C32H39N3O5S. The van der Waals surface area contributed by atoms with Crippen molar-refractivity contribution < 1.29 is 22.8 Å². The van der Waals surface area contributed by atoms with Crippen LogP contribution in [-0.2, 0) is 32.6 Å². The zero-order valence-corrected chi connectivity index (χ0v) is 25.1. The number of anilines is 1. The number of benzene rings is 3. The molecule has 0 bridgehead atoms. The van der Waals surface area contributed by atoms with E-state index in [1.165, 1.54) is 17.9 Å². The summed E-state index contributed by atoms with van der Waals surface area (Å²) >= 11 is 0. The van der Waals surface area contributed by atoms with Gasteiger partial charge < -0.3 is 10.2 Å². The Hall–Kier alpha value is -3.98. The first-order valence-corrected chi connectivity index (χ1v) is 15.5. The first kappa shape index (κ1) is 31.5. The molecule has 3 aromatic rings. The number of rotatable bonds is 13. The molecule has 218 valence electrons. The van der Waals surface area contributed by atoms with E-state index in [1.54, 1.807) is 18.2 Å². The van der Waals surface area contributed by atoms with Crippen molar-refractivity contribution in [3.63, 3.8) is 0 Å². The van der Waals surface area contributed by atoms with E-state index in [1.807, 2.05) is 75.4 Å². The van der Waals surface area contributed by atoms with Gasteiger partial charge in [0.05, 0.1) is 11.9 Å². The largest absolute Gasteiger partial charge is 0.354 e. The summed E-state index contributed by atoms with van der Waals surface area (Å²) in [7, 11) is -3.92. The molecule has 0 spiro atoms. The summed E-state index contributed by atoms with van der Waals surface area (Å²) in [5.74, 6) is -0.870. The van der Waals surface area contributed by atoms with Gasteiger partial charge in [0.15, 0.2) is 5.78 Å². The van der Waals surface area contributed by atoms with Gasteiger partial charge in [-0.2, -0.15) is 0 Å². The van der Waals surface area contributed by atoms with Crippen LogP contribution in [0.3, 0.4) is 0 Å². The third kappa shape index (κ3) is 9.01. The first-order chi connectivity index (χ1) is 19.4. The number of amides is 2. The van der Waals surface area contributed by atoms with Gasteiger partial charge in [-0.05, 0) is 48.6 Å². The number of Topliss-reactive ketones (excluding diaryl/α,β-unsaturated/α-hetero) is 1. The number of carbonyl (C=O) groups excluding carboxylic acids is 3. The summed E-state index contributed by atoms with van der Waals surface area (Å²) in [4.78, 5) is 41.3. The van der Waals surface area contributed by atoms with Crippen LogP contribution in [-0.4, -0.2) is 56.3 Å². The van der Waals surface area contributed by atoms with E-state index in [9.17, 15) is 22.8 Å². The van der Waals surface area contributed by atoms with Crippen LogP contribution in [0.1, 0.15) is 47.8 Å². The molecular weight excluding hydrogens is 538 g/mol. The summed E-state index contributed by atoms with van der Waals surface area (Å²) in [5.41, 5.74) is 3.19. The molecule has 0 heterocycles. The molecule has 1 atom stereocenters. The van der Waals surface area contributed by atoms with E-state index in [0.717, 1.165) is 27.3 Å². The number of hydrogen-bond donors (Lipinski definition) is 1. The summed E-state index contributed by atoms with van der Waals surface area (Å²) < 4.78 is 26.9. The van der Waals surface area contributed by atoms with Gasteiger partial charge in [0.1, 0.15) is 12.6 Å². The molecule has 0 fully saturated rings. The maximum Gasteiger partial charge on any atom is 0.244 e. The minimum atomic E-state index is -3.92. The molecule has 0 aliphatic carbocycles. The van der Waals surface area contributed by atoms with Crippen molar-refractivity contribution in [1.29, 1.82) is 0 Å². The lowest BCUT2D eigenvalue weighted by Gasteiger charge is -2.34. The van der Waals surface area contributed by atoms with Crippen LogP contribution in [0.25, 0.3) is 0 Å². The molecule has 0 aliphatic rings. The quantitative estimate of drug-likeness (QED) is 0.304. The van der Waals surface area contributed by atoms with Crippen molar-refractivity contribution in [3.8, 4) is 0 Å². The van der Waals surface area contributed by atoms with Gasteiger partial charge in [-0.15, -0.1) is 0 Å². The van der Waals surface area contributed by atoms with Gasteiger partial charge in [-0.25, -0.2) is 8.42 Å². The highest BCUT2D eigenvalue weighted by Gasteiger charge is 2.33. The first-order valence-electron chi connectivity index (χ1n) is 13.6. The normalized spacial score (nSPS) is 12.0. The van der Waals surface area contributed by atoms with Gasteiger partial charge in [-0.3, -0.25) is 18.7 Å². The van der Waals surface area contributed by atoms with Crippen LogP contribution in [0.4, 0.5) is 5.69 Å². The highest BCUT2D eigenvalue weighted by molar-refractivity contribution is 7.92. The van der Waals surface area contributed by atoms with Crippen molar-refractivity contribution in [1.82, 2.24) is 10.2 Å². The number of ketones is 1. The van der Waals surface area contributed by atoms with E-state index in [4.69, 9.17) is 0 Å². The number of nitrogens with one attached hydrogen (secondary N) is 1. The van der Waals surface area contributed by atoms with Crippen LogP contribution in [0.15, 0.2) is 78.9 Å². The number of hydrogen-bond acceptors (Lipinski definition) is 5. The van der Waals surface area contributed by atoms with Gasteiger partial charge in [0.25, 0.3) is 0 Å². The van der Waals surface area contributed by atoms with E-state index < -0.39 is 28.5 Å². The van der Waals surface area contributed by atoms with Gasteiger partial charge in [-0.1, -0.05) is 80.6 Å². The van der Waals surface area contributed by atoms with Crippen molar-refractivity contribution >= 4 is 33.3 Å². The lowest BCUT2D eigenvalue weighted by molar-refractivity contribution is -0.140. The molecule has 0 aromatic heterocycles. The highest BCUT2D eigenvalue weighted by Crippen LogP contribution is 2.22. The molecule has 0 radical (unpaired) electrons. The zero-order valence-electron chi connectivity index (χ0n) is 24.3. The lowest BCUT2D eigenvalue weighted by Crippen LogP contribution is -2.53. The number of nitrogens with zero attached hydrogens (tertiary/aromatic N) is 2. The Bertz CT molecular complexity index is 1470. The second kappa shape index (κ2) is 14.1. The Morgan fingerprint density at radius 2 is 1.56 bits per heavy atom. The summed E-state index contributed by atoms with van der Waals surface area (Å²) in [6, 6.07) is 22.3. The predicted molar refractivity (Wildman–Crippen MR) is 162 cm³/mol. The average Bonchev–Trinajstić information content (AvgIpc) is 2.93. The van der Waals surface area contributed by atoms with Crippen LogP contribution in [0.2, 0.25) is 0 Å². The molecule has 1 N–H and O–H groups in total. The van der Waals surface area contributed by atoms with E-state index in [2.05, 4.69) is 5.32 Å². The fourth-order valence-electron chi connectivity index (χ4n) is 4.44. The third-order valence-corrected chi connectivity index (χ3v) is 7.92. The van der Waals surface area contributed by atoms with E-state index in [0.29, 0.717) is 12.1 Å². The van der Waals surface area contributed by atoms with Crippen molar-refractivity contribution in [3.05, 3.63) is 101 Å². The van der Waals surface area contributed by atoms with Crippen molar-refractivity contribution in [2.24, 2.45) is 5.92 Å². The van der Waals surface area contributed by atoms with E-state index in [-0.39, 0.29) is 36.3 Å². The minimum Gasteiger partial charge on any atom is -0.354 e. The molecule has 41 heavy (non-hydrogen) atoms. The Labute approximate surface area is 243 Å². The summed E-state index contributed by atoms with van der Waals surface area (Å²) in [6.07, 6.45) is 1.27. The molecule has 3 aromatic carbocycles.